The van der Waals surface area contributed by atoms with Gasteiger partial charge in [-0.15, -0.1) is 0 Å². The van der Waals surface area contributed by atoms with Gasteiger partial charge in [0.1, 0.15) is 12.1 Å². The highest BCUT2D eigenvalue weighted by atomic mass is 16.2. The molecule has 2 aliphatic heterocycles. The Hall–Kier alpha value is -2.65. The van der Waals surface area contributed by atoms with Crippen molar-refractivity contribution in [2.75, 3.05) is 19.6 Å². The first-order valence-corrected chi connectivity index (χ1v) is 10.6. The Balaban J connectivity index is 2.14. The minimum Gasteiger partial charge on any atom is -0.356 e. The number of likely N-dealkylation sites (tertiary alicyclic amines) is 1. The maximum atomic E-state index is 13.1. The summed E-state index contributed by atoms with van der Waals surface area (Å²) in [5.74, 6) is -1.73. The molecular formula is C20H33N5O5. The van der Waals surface area contributed by atoms with Gasteiger partial charge in [-0.2, -0.15) is 0 Å². The van der Waals surface area contributed by atoms with E-state index in [1.54, 1.807) is 6.92 Å². The molecule has 0 radical (unpaired) electrons. The summed E-state index contributed by atoms with van der Waals surface area (Å²) in [7, 11) is 0. The van der Waals surface area contributed by atoms with Gasteiger partial charge in [0.2, 0.25) is 23.6 Å². The van der Waals surface area contributed by atoms with E-state index in [1.165, 1.54) is 16.8 Å². The van der Waals surface area contributed by atoms with Crippen molar-refractivity contribution in [1.29, 1.82) is 0 Å². The Morgan fingerprint density at radius 2 is 1.93 bits per heavy atom. The molecule has 0 aromatic rings. The molecule has 2 aliphatic rings. The molecule has 0 saturated carbocycles. The number of carbonyl (C=O) groups excluding carboxylic acids is 5. The van der Waals surface area contributed by atoms with Crippen molar-refractivity contribution in [2.24, 2.45) is 11.8 Å². The summed E-state index contributed by atoms with van der Waals surface area (Å²) in [5, 5.41) is 6.55. The van der Waals surface area contributed by atoms with Gasteiger partial charge in [0.05, 0.1) is 12.5 Å². The van der Waals surface area contributed by atoms with Gasteiger partial charge in [-0.3, -0.25) is 34.4 Å². The maximum Gasteiger partial charge on any atom is 0.261 e. The van der Waals surface area contributed by atoms with Crippen LogP contribution in [-0.4, -0.2) is 71.2 Å². The van der Waals surface area contributed by atoms with E-state index in [1.807, 2.05) is 13.8 Å². The van der Waals surface area contributed by atoms with Crippen LogP contribution in [0.25, 0.3) is 0 Å². The Labute approximate surface area is 177 Å². The minimum atomic E-state index is -0.763. The Bertz CT molecular complexity index is 695. The van der Waals surface area contributed by atoms with E-state index < -0.39 is 18.0 Å². The molecular weight excluding hydrogens is 390 g/mol. The summed E-state index contributed by atoms with van der Waals surface area (Å²) < 4.78 is 0. The van der Waals surface area contributed by atoms with Crippen LogP contribution in [0.5, 0.6) is 0 Å². The van der Waals surface area contributed by atoms with Gasteiger partial charge in [0.25, 0.3) is 5.91 Å². The number of hydrazine groups is 1. The number of nitrogens with zero attached hydrogens (tertiary/aromatic N) is 2. The number of hydrogen-bond donors (Lipinski definition) is 3. The first kappa shape index (κ1) is 23.6. The van der Waals surface area contributed by atoms with Crippen LogP contribution in [0.3, 0.4) is 0 Å². The fraction of sp³-hybridized carbons (Fsp3) is 0.750. The first-order chi connectivity index (χ1) is 14.1. The molecule has 3 atom stereocenters. The molecule has 0 aromatic heterocycles. The normalized spacial score (nSPS) is 22.1. The molecule has 2 saturated heterocycles. The molecule has 30 heavy (non-hydrogen) atoms. The highest BCUT2D eigenvalue weighted by molar-refractivity contribution is 5.94. The van der Waals surface area contributed by atoms with Gasteiger partial charge in [0.15, 0.2) is 0 Å². The van der Waals surface area contributed by atoms with Gasteiger partial charge in [0, 0.05) is 26.4 Å². The lowest BCUT2D eigenvalue weighted by Gasteiger charge is -2.32. The minimum absolute atomic E-state index is 0.0983. The predicted octanol–water partition coefficient (Wildman–Crippen LogP) is -0.456. The van der Waals surface area contributed by atoms with E-state index in [2.05, 4.69) is 16.1 Å². The van der Waals surface area contributed by atoms with Crippen LogP contribution in [0.15, 0.2) is 0 Å². The van der Waals surface area contributed by atoms with Gasteiger partial charge in [-0.25, -0.2) is 0 Å². The second-order valence-corrected chi connectivity index (χ2v) is 8.33. The van der Waals surface area contributed by atoms with Crippen molar-refractivity contribution < 1.29 is 24.0 Å². The molecule has 10 heteroatoms. The standard InChI is InChI=1S/C20H33N5O5/c1-5-17(27)25(11-14-6-8-21-18(14)28)23-19(29)16(10-12(2)3)24-9-7-15(20(24)30)22-13(4)26/h12,14-16H,5-11H2,1-4H3,(H,21,28)(H,22,26)(H,23,29)/t14-,15-,16-/m0/s1. The van der Waals surface area contributed by atoms with Crippen LogP contribution in [0.2, 0.25) is 0 Å². The third kappa shape index (κ3) is 5.93. The van der Waals surface area contributed by atoms with Crippen molar-refractivity contribution in [3.63, 3.8) is 0 Å². The molecule has 10 nitrogen and oxygen atoms in total. The number of carbonyl (C=O) groups is 5. The van der Waals surface area contributed by atoms with E-state index in [0.717, 1.165) is 0 Å². The number of hydrogen-bond acceptors (Lipinski definition) is 5. The second-order valence-electron chi connectivity index (χ2n) is 8.33. The van der Waals surface area contributed by atoms with E-state index in [9.17, 15) is 24.0 Å². The topological polar surface area (TPSA) is 128 Å². The maximum absolute atomic E-state index is 13.1. The van der Waals surface area contributed by atoms with Crippen LogP contribution >= 0.6 is 0 Å². The fourth-order valence-corrected chi connectivity index (χ4v) is 3.86. The van der Waals surface area contributed by atoms with Crippen molar-refractivity contribution in [2.45, 2.75) is 65.5 Å². The Kier molecular flexibility index (Phi) is 8.19. The van der Waals surface area contributed by atoms with Crippen LogP contribution in [0, 0.1) is 11.8 Å². The highest BCUT2D eigenvalue weighted by Gasteiger charge is 2.40. The molecule has 0 aliphatic carbocycles. The van der Waals surface area contributed by atoms with Crippen LogP contribution < -0.4 is 16.1 Å². The molecule has 0 bridgehead atoms. The third-order valence-electron chi connectivity index (χ3n) is 5.41. The zero-order valence-corrected chi connectivity index (χ0v) is 18.2. The Morgan fingerprint density at radius 3 is 2.47 bits per heavy atom. The molecule has 2 fully saturated rings. The van der Waals surface area contributed by atoms with E-state index in [4.69, 9.17) is 0 Å². The molecule has 2 heterocycles. The molecule has 0 aromatic carbocycles. The molecule has 0 spiro atoms. The molecule has 2 rings (SSSR count). The Morgan fingerprint density at radius 1 is 1.23 bits per heavy atom. The number of nitrogens with one attached hydrogen (secondary N) is 3. The van der Waals surface area contributed by atoms with E-state index in [-0.39, 0.29) is 48.4 Å². The van der Waals surface area contributed by atoms with Crippen molar-refractivity contribution in [3.8, 4) is 0 Å². The SMILES string of the molecule is CCC(=O)N(C[C@@H]1CCNC1=O)NC(=O)[C@H](CC(C)C)N1CC[C@H](NC(C)=O)C1=O. The lowest BCUT2D eigenvalue weighted by molar-refractivity contribution is -0.147. The average Bonchev–Trinajstić information content (AvgIpc) is 3.23. The quantitative estimate of drug-likeness (QED) is 0.456. The summed E-state index contributed by atoms with van der Waals surface area (Å²) in [6, 6.07) is -1.40. The summed E-state index contributed by atoms with van der Waals surface area (Å²) >= 11 is 0. The van der Waals surface area contributed by atoms with Crippen molar-refractivity contribution in [3.05, 3.63) is 0 Å². The smallest absolute Gasteiger partial charge is 0.261 e. The summed E-state index contributed by atoms with van der Waals surface area (Å²) in [4.78, 5) is 63.0. The van der Waals surface area contributed by atoms with Crippen LogP contribution in [0.4, 0.5) is 0 Å². The fourth-order valence-electron chi connectivity index (χ4n) is 3.86. The van der Waals surface area contributed by atoms with E-state index >= 15 is 0 Å². The van der Waals surface area contributed by atoms with Crippen LogP contribution in [0.1, 0.15) is 53.4 Å². The van der Waals surface area contributed by atoms with Crippen molar-refractivity contribution in [1.82, 2.24) is 26.0 Å². The number of amides is 5. The lowest BCUT2D eigenvalue weighted by Crippen LogP contribution is -2.56. The van der Waals surface area contributed by atoms with Crippen molar-refractivity contribution >= 4 is 29.5 Å². The molecule has 5 amide bonds. The van der Waals surface area contributed by atoms with E-state index in [0.29, 0.717) is 32.4 Å². The zero-order valence-electron chi connectivity index (χ0n) is 18.2. The van der Waals surface area contributed by atoms with Crippen LogP contribution in [-0.2, 0) is 24.0 Å². The van der Waals surface area contributed by atoms with Gasteiger partial charge < -0.3 is 15.5 Å². The largest absolute Gasteiger partial charge is 0.356 e. The van der Waals surface area contributed by atoms with Gasteiger partial charge in [-0.05, 0) is 25.2 Å². The molecule has 3 N–H and O–H groups in total. The zero-order chi connectivity index (χ0) is 22.4. The monoisotopic (exact) mass is 423 g/mol. The third-order valence-corrected chi connectivity index (χ3v) is 5.41. The van der Waals surface area contributed by atoms with Gasteiger partial charge >= 0.3 is 0 Å². The molecule has 168 valence electrons. The summed E-state index contributed by atoms with van der Waals surface area (Å²) in [5.41, 5.74) is 2.66. The van der Waals surface area contributed by atoms with Gasteiger partial charge in [-0.1, -0.05) is 20.8 Å². The molecule has 0 unspecified atom stereocenters. The second kappa shape index (κ2) is 10.4. The lowest BCUT2D eigenvalue weighted by atomic mass is 10.0. The highest BCUT2D eigenvalue weighted by Crippen LogP contribution is 2.20. The first-order valence-electron chi connectivity index (χ1n) is 10.6. The number of rotatable bonds is 8. The summed E-state index contributed by atoms with van der Waals surface area (Å²) in [6.07, 6.45) is 1.62. The summed E-state index contributed by atoms with van der Waals surface area (Å²) in [6.45, 7) is 7.93. The average molecular weight is 424 g/mol. The predicted molar refractivity (Wildman–Crippen MR) is 108 cm³/mol.